The van der Waals surface area contributed by atoms with E-state index in [-0.39, 0.29) is 21.7 Å². The molecule has 0 aliphatic heterocycles. The Bertz CT molecular complexity index is 676. The first-order valence-corrected chi connectivity index (χ1v) is 7.22. The van der Waals surface area contributed by atoms with Gasteiger partial charge in [-0.2, -0.15) is 0 Å². The number of non-ortho nitro benzene ring substituents is 1. The largest absolute Gasteiger partial charge is 0.452 e. The quantitative estimate of drug-likeness (QED) is 0.492. The molecule has 0 amide bonds. The highest BCUT2D eigenvalue weighted by molar-refractivity contribution is 9.11. The predicted molar refractivity (Wildman–Crippen MR) is 80.6 cm³/mol. The minimum atomic E-state index is -0.517. The molecule has 0 radical (unpaired) electrons. The van der Waals surface area contributed by atoms with Crippen LogP contribution in [0.4, 0.5) is 5.69 Å². The van der Waals surface area contributed by atoms with Gasteiger partial charge < -0.3 is 4.74 Å². The van der Waals surface area contributed by atoms with Crippen molar-refractivity contribution in [3.8, 4) is 11.5 Å². The van der Waals surface area contributed by atoms with Crippen molar-refractivity contribution in [3.63, 3.8) is 0 Å². The van der Waals surface area contributed by atoms with Crippen molar-refractivity contribution >= 4 is 60.7 Å². The van der Waals surface area contributed by atoms with Crippen LogP contribution in [-0.4, -0.2) is 15.1 Å². The Kier molecular flexibility index (Phi) is 4.79. The fourth-order valence-electron chi connectivity index (χ4n) is 1.27. The molecule has 2 aromatic rings. The maximum Gasteiger partial charge on any atom is 0.271 e. The Hall–Kier alpha value is -0.960. The van der Waals surface area contributed by atoms with Crippen molar-refractivity contribution in [3.05, 3.63) is 47.6 Å². The number of hydrogen-bond acceptors (Lipinski definition) is 5. The zero-order valence-corrected chi connectivity index (χ0v) is 14.0. The molecule has 0 bridgehead atoms. The molecular weight excluding hydrogens is 441 g/mol. The SMILES string of the molecule is O=[N+]([O-])c1cc(Br)c(Oc2cc(Cl)nnc2Cl)c(Br)c1. The van der Waals surface area contributed by atoms with Crippen molar-refractivity contribution < 1.29 is 9.66 Å². The van der Waals surface area contributed by atoms with Gasteiger partial charge >= 0.3 is 0 Å². The van der Waals surface area contributed by atoms with Gasteiger partial charge in [-0.25, -0.2) is 0 Å². The molecule has 2 rings (SSSR count). The standard InChI is InChI=1S/C10H3Br2Cl2N3O3/c11-5-1-4(17(18)19)2-6(12)9(5)20-7-3-8(13)15-16-10(7)14/h1-3H. The Morgan fingerprint density at radius 2 is 1.75 bits per heavy atom. The van der Waals surface area contributed by atoms with Gasteiger partial charge in [-0.1, -0.05) is 23.2 Å². The minimum absolute atomic E-state index is 0.0200. The van der Waals surface area contributed by atoms with Gasteiger partial charge in [0.2, 0.25) is 0 Å². The number of ether oxygens (including phenoxy) is 1. The summed E-state index contributed by atoms with van der Waals surface area (Å²) in [5, 5.41) is 18.0. The molecule has 0 N–H and O–H groups in total. The second kappa shape index (κ2) is 6.21. The Labute approximate surface area is 139 Å². The van der Waals surface area contributed by atoms with E-state index in [4.69, 9.17) is 27.9 Å². The summed E-state index contributed by atoms with van der Waals surface area (Å²) in [7, 11) is 0. The molecule has 0 saturated heterocycles. The minimum Gasteiger partial charge on any atom is -0.452 e. The first-order valence-electron chi connectivity index (χ1n) is 4.88. The Morgan fingerprint density at radius 1 is 1.15 bits per heavy atom. The summed E-state index contributed by atoms with van der Waals surface area (Å²) in [6.45, 7) is 0. The highest BCUT2D eigenvalue weighted by Crippen LogP contribution is 2.41. The molecule has 0 atom stereocenters. The van der Waals surface area contributed by atoms with E-state index in [1.165, 1.54) is 18.2 Å². The molecular formula is C10H3Br2Cl2N3O3. The monoisotopic (exact) mass is 441 g/mol. The molecule has 0 aliphatic rings. The van der Waals surface area contributed by atoms with Crippen LogP contribution < -0.4 is 4.74 Å². The Balaban J connectivity index is 2.44. The van der Waals surface area contributed by atoms with Crippen LogP contribution in [0.5, 0.6) is 11.5 Å². The lowest BCUT2D eigenvalue weighted by molar-refractivity contribution is -0.385. The van der Waals surface area contributed by atoms with Gasteiger partial charge in [-0.15, -0.1) is 10.2 Å². The van der Waals surface area contributed by atoms with Crippen molar-refractivity contribution in [2.75, 3.05) is 0 Å². The number of nitrogens with zero attached hydrogens (tertiary/aromatic N) is 3. The van der Waals surface area contributed by atoms with Crippen molar-refractivity contribution in [1.82, 2.24) is 10.2 Å². The second-order valence-corrected chi connectivity index (χ2v) is 5.87. The average molecular weight is 444 g/mol. The van der Waals surface area contributed by atoms with Crippen LogP contribution in [0.1, 0.15) is 0 Å². The van der Waals surface area contributed by atoms with Crippen LogP contribution >= 0.6 is 55.1 Å². The molecule has 1 aromatic heterocycles. The van der Waals surface area contributed by atoms with Gasteiger partial charge in [-0.05, 0) is 31.9 Å². The molecule has 0 fully saturated rings. The molecule has 20 heavy (non-hydrogen) atoms. The summed E-state index contributed by atoms with van der Waals surface area (Å²) in [5.41, 5.74) is -0.0897. The zero-order chi connectivity index (χ0) is 14.9. The molecule has 0 unspecified atom stereocenters. The summed E-state index contributed by atoms with van der Waals surface area (Å²) in [6.07, 6.45) is 0. The highest BCUT2D eigenvalue weighted by Gasteiger charge is 2.17. The topological polar surface area (TPSA) is 78.2 Å². The van der Waals surface area contributed by atoms with Gasteiger partial charge in [0.1, 0.15) is 0 Å². The molecule has 104 valence electrons. The van der Waals surface area contributed by atoms with Crippen LogP contribution in [0, 0.1) is 10.1 Å². The van der Waals surface area contributed by atoms with E-state index in [1.54, 1.807) is 0 Å². The summed E-state index contributed by atoms with van der Waals surface area (Å²) >= 11 is 17.9. The van der Waals surface area contributed by atoms with E-state index in [1.807, 2.05) is 0 Å². The summed E-state index contributed by atoms with van der Waals surface area (Å²) in [6, 6.07) is 4.01. The van der Waals surface area contributed by atoms with E-state index < -0.39 is 4.92 Å². The van der Waals surface area contributed by atoms with E-state index in [2.05, 4.69) is 42.1 Å². The second-order valence-electron chi connectivity index (χ2n) is 3.42. The molecule has 1 aromatic carbocycles. The first kappa shape index (κ1) is 15.4. The maximum atomic E-state index is 10.7. The van der Waals surface area contributed by atoms with Gasteiger partial charge in [-0.3, -0.25) is 10.1 Å². The van der Waals surface area contributed by atoms with Gasteiger partial charge in [0.15, 0.2) is 21.8 Å². The van der Waals surface area contributed by atoms with Crippen molar-refractivity contribution in [2.45, 2.75) is 0 Å². The van der Waals surface area contributed by atoms with Crippen LogP contribution in [0.3, 0.4) is 0 Å². The third-order valence-electron chi connectivity index (χ3n) is 2.09. The first-order chi connectivity index (χ1) is 9.38. The van der Waals surface area contributed by atoms with E-state index in [9.17, 15) is 10.1 Å². The lowest BCUT2D eigenvalue weighted by Crippen LogP contribution is -1.94. The summed E-state index contributed by atoms with van der Waals surface area (Å²) < 4.78 is 6.31. The van der Waals surface area contributed by atoms with Gasteiger partial charge in [0.25, 0.3) is 5.69 Å². The summed E-state index contributed by atoms with van der Waals surface area (Å²) in [4.78, 5) is 10.2. The van der Waals surface area contributed by atoms with Crippen LogP contribution in [0.25, 0.3) is 0 Å². The van der Waals surface area contributed by atoms with E-state index in [0.717, 1.165) is 0 Å². The molecule has 0 saturated carbocycles. The predicted octanol–water partition coefficient (Wildman–Crippen LogP) is 5.01. The smallest absolute Gasteiger partial charge is 0.271 e. The van der Waals surface area contributed by atoms with E-state index >= 15 is 0 Å². The van der Waals surface area contributed by atoms with Crippen molar-refractivity contribution in [1.29, 1.82) is 0 Å². The highest BCUT2D eigenvalue weighted by atomic mass is 79.9. The third kappa shape index (κ3) is 3.38. The van der Waals surface area contributed by atoms with Gasteiger partial charge in [0, 0.05) is 18.2 Å². The number of rotatable bonds is 3. The number of nitro benzene ring substituents is 1. The lowest BCUT2D eigenvalue weighted by Gasteiger charge is -2.10. The molecule has 0 aliphatic carbocycles. The number of benzene rings is 1. The van der Waals surface area contributed by atoms with Crippen LogP contribution in [0.15, 0.2) is 27.1 Å². The fraction of sp³-hybridized carbons (Fsp3) is 0. The van der Waals surface area contributed by atoms with Crippen LogP contribution in [-0.2, 0) is 0 Å². The molecule has 10 heteroatoms. The van der Waals surface area contributed by atoms with Gasteiger partial charge in [0.05, 0.1) is 13.9 Å². The molecule has 0 spiro atoms. The molecule has 1 heterocycles. The van der Waals surface area contributed by atoms with Crippen molar-refractivity contribution in [2.24, 2.45) is 0 Å². The number of halogens is 4. The summed E-state index contributed by atoms with van der Waals surface area (Å²) in [5.74, 6) is 0.489. The average Bonchev–Trinajstić information content (AvgIpc) is 2.37. The zero-order valence-electron chi connectivity index (χ0n) is 9.31. The molecule has 6 nitrogen and oxygen atoms in total. The normalized spacial score (nSPS) is 10.4. The van der Waals surface area contributed by atoms with Crippen LogP contribution in [0.2, 0.25) is 10.3 Å². The maximum absolute atomic E-state index is 10.7. The number of nitro groups is 1. The number of aromatic nitrogens is 2. The fourth-order valence-corrected chi connectivity index (χ4v) is 2.86. The number of hydrogen-bond donors (Lipinski definition) is 0. The Morgan fingerprint density at radius 3 is 2.30 bits per heavy atom. The lowest BCUT2D eigenvalue weighted by atomic mass is 10.3. The van der Waals surface area contributed by atoms with E-state index in [0.29, 0.717) is 14.7 Å². The third-order valence-corrected chi connectivity index (χ3v) is 3.72.